The van der Waals surface area contributed by atoms with Crippen molar-refractivity contribution in [3.8, 4) is 5.75 Å². The van der Waals surface area contributed by atoms with E-state index in [1.165, 1.54) is 12.1 Å². The molecule has 5 heteroatoms. The second-order valence-electron chi connectivity index (χ2n) is 3.60. The van der Waals surface area contributed by atoms with Crippen LogP contribution in [0, 0.1) is 6.92 Å². The van der Waals surface area contributed by atoms with Crippen LogP contribution in [0.15, 0.2) is 34.9 Å². The normalized spacial score (nSPS) is 10.2. The number of aryl methyl sites for hydroxylation is 1. The molecule has 0 atom stereocenters. The Balaban J connectivity index is 1.98. The predicted molar refractivity (Wildman–Crippen MR) is 60.5 cm³/mol. The number of oxazole rings is 1. The van der Waals surface area contributed by atoms with E-state index in [0.29, 0.717) is 17.2 Å². The van der Waals surface area contributed by atoms with Gasteiger partial charge in [-0.2, -0.15) is 0 Å². The molecule has 2 aromatic rings. The van der Waals surface area contributed by atoms with Crippen LogP contribution in [0.3, 0.4) is 0 Å². The number of nitrogens with zero attached hydrogens (tertiary/aromatic N) is 1. The molecule has 0 unspecified atom stereocenters. The van der Waals surface area contributed by atoms with Crippen LogP contribution in [0.1, 0.15) is 22.0 Å². The minimum absolute atomic E-state index is 0.0598. The molecule has 88 valence electrons. The molecular weight excluding hydrogens is 220 g/mol. The molecular formula is C12H12N2O3. The van der Waals surface area contributed by atoms with E-state index in [-0.39, 0.29) is 18.2 Å². The largest absolute Gasteiger partial charge is 0.508 e. The monoisotopic (exact) mass is 232 g/mol. The summed E-state index contributed by atoms with van der Waals surface area (Å²) in [5.41, 5.74) is 0.397. The first-order valence-corrected chi connectivity index (χ1v) is 5.13. The number of phenolic OH excluding ortho intramolecular Hbond substituents is 1. The summed E-state index contributed by atoms with van der Waals surface area (Å²) in [4.78, 5) is 15.7. The zero-order valence-corrected chi connectivity index (χ0v) is 9.30. The number of rotatable bonds is 3. The Bertz CT molecular complexity index is 534. The van der Waals surface area contributed by atoms with E-state index >= 15 is 0 Å². The molecule has 1 heterocycles. The molecule has 0 saturated carbocycles. The molecule has 0 aliphatic rings. The first-order chi connectivity index (χ1) is 8.15. The van der Waals surface area contributed by atoms with Gasteiger partial charge in [-0.1, -0.05) is 6.07 Å². The van der Waals surface area contributed by atoms with E-state index in [4.69, 9.17) is 4.42 Å². The third-order valence-corrected chi connectivity index (χ3v) is 2.18. The number of amides is 1. The smallest absolute Gasteiger partial charge is 0.251 e. The van der Waals surface area contributed by atoms with E-state index in [2.05, 4.69) is 10.3 Å². The van der Waals surface area contributed by atoms with Crippen molar-refractivity contribution in [3.63, 3.8) is 0 Å². The van der Waals surface area contributed by atoms with Gasteiger partial charge in [0.25, 0.3) is 5.91 Å². The summed E-state index contributed by atoms with van der Waals surface area (Å²) in [6, 6.07) is 6.14. The molecule has 1 aromatic heterocycles. The summed E-state index contributed by atoms with van der Waals surface area (Å²) < 4.78 is 5.22. The number of benzene rings is 1. The van der Waals surface area contributed by atoms with Gasteiger partial charge in [0.1, 0.15) is 11.5 Å². The Morgan fingerprint density at radius 2 is 2.35 bits per heavy atom. The highest BCUT2D eigenvalue weighted by Crippen LogP contribution is 2.10. The minimum Gasteiger partial charge on any atom is -0.508 e. The number of carbonyl (C=O) groups excluding carboxylic acids is 1. The topological polar surface area (TPSA) is 75.4 Å². The fraction of sp³-hybridized carbons (Fsp3) is 0.167. The van der Waals surface area contributed by atoms with Gasteiger partial charge in [0.2, 0.25) is 5.89 Å². The summed E-state index contributed by atoms with van der Waals surface area (Å²) in [5.74, 6) is 0.934. The van der Waals surface area contributed by atoms with Gasteiger partial charge in [0, 0.05) is 5.56 Å². The number of aromatic nitrogens is 1. The first kappa shape index (κ1) is 11.2. The van der Waals surface area contributed by atoms with Crippen molar-refractivity contribution in [2.75, 3.05) is 0 Å². The van der Waals surface area contributed by atoms with Crippen LogP contribution >= 0.6 is 0 Å². The zero-order chi connectivity index (χ0) is 12.3. The maximum Gasteiger partial charge on any atom is 0.251 e. The van der Waals surface area contributed by atoms with E-state index in [1.54, 1.807) is 25.3 Å². The van der Waals surface area contributed by atoms with Crippen molar-refractivity contribution >= 4 is 5.91 Å². The minimum atomic E-state index is -0.281. The Morgan fingerprint density at radius 3 is 3.00 bits per heavy atom. The van der Waals surface area contributed by atoms with Crippen LogP contribution in [0.5, 0.6) is 5.75 Å². The molecule has 0 spiro atoms. The van der Waals surface area contributed by atoms with Gasteiger partial charge in [-0.15, -0.1) is 0 Å². The van der Waals surface area contributed by atoms with E-state index < -0.39 is 0 Å². The van der Waals surface area contributed by atoms with Crippen LogP contribution in [0.25, 0.3) is 0 Å². The standard InChI is InChI=1S/C12H12N2O3/c1-8-6-13-11(17-8)7-14-12(16)9-3-2-4-10(15)5-9/h2-6,15H,7H2,1H3,(H,14,16). The summed E-state index contributed by atoms with van der Waals surface area (Å²) in [7, 11) is 0. The predicted octanol–water partition coefficient (Wildman–Crippen LogP) is 1.62. The first-order valence-electron chi connectivity index (χ1n) is 5.13. The summed E-state index contributed by atoms with van der Waals surface area (Å²) in [5, 5.41) is 11.9. The van der Waals surface area contributed by atoms with Gasteiger partial charge >= 0.3 is 0 Å². The Labute approximate surface area is 98.1 Å². The maximum absolute atomic E-state index is 11.7. The second kappa shape index (κ2) is 4.69. The van der Waals surface area contributed by atoms with E-state index in [1.807, 2.05) is 0 Å². The number of aromatic hydroxyl groups is 1. The van der Waals surface area contributed by atoms with Gasteiger partial charge in [0.05, 0.1) is 12.7 Å². The molecule has 0 fully saturated rings. The van der Waals surface area contributed by atoms with Gasteiger partial charge in [-0.3, -0.25) is 4.79 Å². The summed E-state index contributed by atoms with van der Waals surface area (Å²) in [6.07, 6.45) is 1.59. The average Bonchev–Trinajstić information content (AvgIpc) is 2.72. The SMILES string of the molecule is Cc1cnc(CNC(=O)c2cccc(O)c2)o1. The molecule has 2 N–H and O–H groups in total. The van der Waals surface area contributed by atoms with Gasteiger partial charge in [-0.05, 0) is 25.1 Å². The third kappa shape index (κ3) is 2.84. The Morgan fingerprint density at radius 1 is 1.53 bits per heavy atom. The molecule has 0 aliphatic heterocycles. The van der Waals surface area contributed by atoms with Crippen molar-refractivity contribution in [3.05, 3.63) is 47.7 Å². The Kier molecular flexibility index (Phi) is 3.09. The number of nitrogens with one attached hydrogen (secondary N) is 1. The lowest BCUT2D eigenvalue weighted by molar-refractivity contribution is 0.0946. The van der Waals surface area contributed by atoms with Crippen molar-refractivity contribution < 1.29 is 14.3 Å². The number of phenols is 1. The van der Waals surface area contributed by atoms with E-state index in [9.17, 15) is 9.90 Å². The van der Waals surface area contributed by atoms with E-state index in [0.717, 1.165) is 0 Å². The summed E-state index contributed by atoms with van der Waals surface area (Å²) in [6.45, 7) is 2.01. The van der Waals surface area contributed by atoms with Crippen LogP contribution in [-0.4, -0.2) is 16.0 Å². The molecule has 0 bridgehead atoms. The molecule has 0 aliphatic carbocycles. The van der Waals surface area contributed by atoms with Gasteiger partial charge in [0.15, 0.2) is 0 Å². The lowest BCUT2D eigenvalue weighted by atomic mass is 10.2. The van der Waals surface area contributed by atoms with Gasteiger partial charge in [-0.25, -0.2) is 4.98 Å². The highest BCUT2D eigenvalue weighted by molar-refractivity contribution is 5.94. The third-order valence-electron chi connectivity index (χ3n) is 2.18. The molecule has 1 aromatic carbocycles. The summed E-state index contributed by atoms with van der Waals surface area (Å²) >= 11 is 0. The van der Waals surface area contributed by atoms with Crippen LogP contribution in [0.4, 0.5) is 0 Å². The molecule has 0 saturated heterocycles. The quantitative estimate of drug-likeness (QED) is 0.843. The Hall–Kier alpha value is -2.30. The lowest BCUT2D eigenvalue weighted by Crippen LogP contribution is -2.22. The molecule has 0 radical (unpaired) electrons. The lowest BCUT2D eigenvalue weighted by Gasteiger charge is -2.02. The fourth-order valence-corrected chi connectivity index (χ4v) is 1.39. The van der Waals surface area contributed by atoms with Crippen LogP contribution < -0.4 is 5.32 Å². The maximum atomic E-state index is 11.7. The average molecular weight is 232 g/mol. The fourth-order valence-electron chi connectivity index (χ4n) is 1.39. The zero-order valence-electron chi connectivity index (χ0n) is 9.30. The highest BCUT2D eigenvalue weighted by Gasteiger charge is 2.07. The number of hydrogen-bond acceptors (Lipinski definition) is 4. The van der Waals surface area contributed by atoms with Gasteiger partial charge < -0.3 is 14.8 Å². The van der Waals surface area contributed by atoms with Crippen molar-refractivity contribution in [1.29, 1.82) is 0 Å². The molecule has 2 rings (SSSR count). The molecule has 1 amide bonds. The second-order valence-corrected chi connectivity index (χ2v) is 3.60. The highest BCUT2D eigenvalue weighted by atomic mass is 16.4. The molecule has 5 nitrogen and oxygen atoms in total. The van der Waals surface area contributed by atoms with Crippen LogP contribution in [-0.2, 0) is 6.54 Å². The number of carbonyl (C=O) groups is 1. The van der Waals surface area contributed by atoms with Crippen LogP contribution in [0.2, 0.25) is 0 Å². The van der Waals surface area contributed by atoms with Crippen molar-refractivity contribution in [2.24, 2.45) is 0 Å². The number of hydrogen-bond donors (Lipinski definition) is 2. The van der Waals surface area contributed by atoms with Crippen molar-refractivity contribution in [1.82, 2.24) is 10.3 Å². The molecule has 17 heavy (non-hydrogen) atoms. The van der Waals surface area contributed by atoms with Crippen molar-refractivity contribution in [2.45, 2.75) is 13.5 Å².